The average Bonchev–Trinajstić information content (AvgIpc) is 3.36. The van der Waals surface area contributed by atoms with Crippen molar-refractivity contribution in [2.45, 2.75) is 0 Å². The van der Waals surface area contributed by atoms with E-state index in [1.807, 2.05) is 0 Å². The van der Waals surface area contributed by atoms with Crippen LogP contribution in [0.4, 0.5) is 0 Å². The van der Waals surface area contributed by atoms with E-state index < -0.39 is 0 Å². The maximum Gasteiger partial charge on any atom is 0.0789 e. The largest absolute Gasteiger partial charge is 0.353 e. The third-order valence-electron chi connectivity index (χ3n) is 6.30. The molecule has 5 aromatic carbocycles. The van der Waals surface area contributed by atoms with Gasteiger partial charge in [0, 0.05) is 32.7 Å². The zero-order valence-corrected chi connectivity index (χ0v) is 16.3. The van der Waals surface area contributed by atoms with Crippen LogP contribution in [0.15, 0.2) is 103 Å². The first kappa shape index (κ1) is 15.8. The van der Waals surface area contributed by atoms with E-state index in [0.717, 1.165) is 0 Å². The summed E-state index contributed by atoms with van der Waals surface area (Å²) < 4.78 is 2.41. The number of aromatic nitrogens is 2. The fourth-order valence-corrected chi connectivity index (χ4v) is 5.11. The molecule has 0 radical (unpaired) electrons. The minimum atomic E-state index is 1.18. The molecule has 30 heavy (non-hydrogen) atoms. The lowest BCUT2D eigenvalue weighted by molar-refractivity contribution is 1.18. The maximum atomic E-state index is 3.76. The Balaban J connectivity index is 1.89. The van der Waals surface area contributed by atoms with Crippen LogP contribution in [-0.4, -0.2) is 9.55 Å². The monoisotopic (exact) mass is 382 g/mol. The van der Waals surface area contributed by atoms with Crippen LogP contribution in [-0.2, 0) is 0 Å². The van der Waals surface area contributed by atoms with Gasteiger partial charge in [-0.3, -0.25) is 0 Å². The van der Waals surface area contributed by atoms with Crippen molar-refractivity contribution in [3.8, 4) is 5.69 Å². The minimum absolute atomic E-state index is 1.18. The van der Waals surface area contributed by atoms with Crippen molar-refractivity contribution in [1.82, 2.24) is 9.55 Å². The summed E-state index contributed by atoms with van der Waals surface area (Å²) >= 11 is 0. The molecule has 0 aliphatic heterocycles. The highest BCUT2D eigenvalue weighted by atomic mass is 15.0. The van der Waals surface area contributed by atoms with Crippen LogP contribution in [0, 0.1) is 0 Å². The predicted molar refractivity (Wildman–Crippen MR) is 128 cm³/mol. The van der Waals surface area contributed by atoms with Gasteiger partial charge in [0.25, 0.3) is 0 Å². The Labute approximate surface area is 173 Å². The Hall–Kier alpha value is -4.04. The Morgan fingerprint density at radius 2 is 1.10 bits per heavy atom. The van der Waals surface area contributed by atoms with E-state index in [4.69, 9.17) is 0 Å². The third-order valence-corrected chi connectivity index (χ3v) is 6.30. The zero-order valence-electron chi connectivity index (χ0n) is 16.3. The van der Waals surface area contributed by atoms with Gasteiger partial charge in [-0.25, -0.2) is 0 Å². The zero-order chi connectivity index (χ0) is 19.7. The summed E-state index contributed by atoms with van der Waals surface area (Å²) in [7, 11) is 0. The molecule has 0 fully saturated rings. The number of fused-ring (bicyclic) bond motifs is 10. The molecule has 2 heterocycles. The maximum absolute atomic E-state index is 3.76. The molecule has 7 aromatic rings. The Kier molecular flexibility index (Phi) is 3.03. The van der Waals surface area contributed by atoms with Crippen LogP contribution in [0.25, 0.3) is 60.1 Å². The standard InChI is InChI=1S/C28H18N2/c1-2-10-18(11-3-1)30-24-17-9-7-15-22(24)26-20-13-5-4-12-19(20)25-21-14-6-8-16-23(21)29-27(25)28(26)30/h1-17,29H. The van der Waals surface area contributed by atoms with Crippen LogP contribution in [0.5, 0.6) is 0 Å². The number of benzene rings is 5. The summed E-state index contributed by atoms with van der Waals surface area (Å²) in [5.74, 6) is 0. The van der Waals surface area contributed by atoms with Crippen molar-refractivity contribution < 1.29 is 0 Å². The number of rotatable bonds is 1. The number of hydrogen-bond acceptors (Lipinski definition) is 0. The van der Waals surface area contributed by atoms with Gasteiger partial charge in [0.2, 0.25) is 0 Å². The van der Waals surface area contributed by atoms with Crippen molar-refractivity contribution in [2.24, 2.45) is 0 Å². The molecule has 2 nitrogen and oxygen atoms in total. The highest BCUT2D eigenvalue weighted by Gasteiger charge is 2.20. The van der Waals surface area contributed by atoms with Gasteiger partial charge in [-0.15, -0.1) is 0 Å². The van der Waals surface area contributed by atoms with Crippen LogP contribution >= 0.6 is 0 Å². The fraction of sp³-hybridized carbons (Fsp3) is 0. The lowest BCUT2D eigenvalue weighted by Crippen LogP contribution is -1.94. The number of nitrogens with one attached hydrogen (secondary N) is 1. The quantitative estimate of drug-likeness (QED) is 0.302. The minimum Gasteiger partial charge on any atom is -0.353 e. The third kappa shape index (κ3) is 1.93. The van der Waals surface area contributed by atoms with E-state index in [1.165, 1.54) is 60.1 Å². The Bertz CT molecular complexity index is 1730. The van der Waals surface area contributed by atoms with Gasteiger partial charge >= 0.3 is 0 Å². The number of para-hydroxylation sites is 3. The van der Waals surface area contributed by atoms with Gasteiger partial charge in [-0.05, 0) is 35.0 Å². The lowest BCUT2D eigenvalue weighted by Gasteiger charge is -2.10. The molecule has 0 aliphatic rings. The first-order valence-corrected chi connectivity index (χ1v) is 10.3. The molecule has 7 rings (SSSR count). The van der Waals surface area contributed by atoms with Gasteiger partial charge in [0.1, 0.15) is 0 Å². The van der Waals surface area contributed by atoms with Crippen LogP contribution in [0.3, 0.4) is 0 Å². The molecule has 2 aromatic heterocycles. The van der Waals surface area contributed by atoms with E-state index >= 15 is 0 Å². The normalized spacial score (nSPS) is 12.0. The second-order valence-corrected chi connectivity index (χ2v) is 7.88. The molecule has 0 aliphatic carbocycles. The summed E-state index contributed by atoms with van der Waals surface area (Å²) in [6.45, 7) is 0. The molecular weight excluding hydrogens is 364 g/mol. The van der Waals surface area contributed by atoms with E-state index in [2.05, 4.69) is 113 Å². The van der Waals surface area contributed by atoms with E-state index in [9.17, 15) is 0 Å². The predicted octanol–water partition coefficient (Wildman–Crippen LogP) is 7.57. The topological polar surface area (TPSA) is 20.7 Å². The summed E-state index contributed by atoms with van der Waals surface area (Å²) in [5, 5.41) is 7.77. The molecule has 0 atom stereocenters. The Morgan fingerprint density at radius 1 is 0.500 bits per heavy atom. The second kappa shape index (κ2) is 5.74. The van der Waals surface area contributed by atoms with E-state index in [1.54, 1.807) is 0 Å². The molecule has 0 saturated heterocycles. The molecule has 0 unspecified atom stereocenters. The number of H-pyrrole nitrogens is 1. The van der Waals surface area contributed by atoms with Crippen molar-refractivity contribution >= 4 is 54.4 Å². The first-order chi connectivity index (χ1) is 14.9. The van der Waals surface area contributed by atoms with Crippen molar-refractivity contribution in [1.29, 1.82) is 0 Å². The first-order valence-electron chi connectivity index (χ1n) is 10.3. The van der Waals surface area contributed by atoms with Gasteiger partial charge in [-0.2, -0.15) is 0 Å². The smallest absolute Gasteiger partial charge is 0.0789 e. The molecule has 0 amide bonds. The number of aromatic amines is 1. The second-order valence-electron chi connectivity index (χ2n) is 7.88. The van der Waals surface area contributed by atoms with Crippen molar-refractivity contribution in [3.63, 3.8) is 0 Å². The summed E-state index contributed by atoms with van der Waals surface area (Å²) in [5.41, 5.74) is 6.03. The number of hydrogen-bond donors (Lipinski definition) is 1. The molecule has 1 N–H and O–H groups in total. The lowest BCUT2D eigenvalue weighted by atomic mass is 9.99. The van der Waals surface area contributed by atoms with Gasteiger partial charge in [0.15, 0.2) is 0 Å². The van der Waals surface area contributed by atoms with Gasteiger partial charge in [-0.1, -0.05) is 78.9 Å². The Morgan fingerprint density at radius 3 is 1.90 bits per heavy atom. The van der Waals surface area contributed by atoms with Crippen LogP contribution in [0.2, 0.25) is 0 Å². The summed E-state index contributed by atoms with van der Waals surface area (Å²) in [6.07, 6.45) is 0. The molecule has 0 saturated carbocycles. The average molecular weight is 382 g/mol. The SMILES string of the molecule is c1ccc(-n2c3ccccc3c3c4ccccc4c4c5ccccc5[nH]c4c32)cc1. The van der Waals surface area contributed by atoms with E-state index in [-0.39, 0.29) is 0 Å². The molecular formula is C28H18N2. The van der Waals surface area contributed by atoms with Crippen LogP contribution < -0.4 is 0 Å². The van der Waals surface area contributed by atoms with Gasteiger partial charge in [0.05, 0.1) is 16.6 Å². The van der Waals surface area contributed by atoms with Crippen molar-refractivity contribution in [2.75, 3.05) is 0 Å². The molecule has 0 spiro atoms. The molecule has 0 bridgehead atoms. The summed E-state index contributed by atoms with van der Waals surface area (Å²) in [4.78, 5) is 3.76. The van der Waals surface area contributed by atoms with Gasteiger partial charge < -0.3 is 9.55 Å². The highest BCUT2D eigenvalue weighted by Crippen LogP contribution is 2.44. The fourth-order valence-electron chi connectivity index (χ4n) is 5.11. The van der Waals surface area contributed by atoms with E-state index in [0.29, 0.717) is 0 Å². The number of nitrogens with zero attached hydrogens (tertiary/aromatic N) is 1. The molecule has 2 heteroatoms. The highest BCUT2D eigenvalue weighted by molar-refractivity contribution is 6.35. The van der Waals surface area contributed by atoms with Crippen LogP contribution in [0.1, 0.15) is 0 Å². The van der Waals surface area contributed by atoms with Crippen molar-refractivity contribution in [3.05, 3.63) is 103 Å². The summed E-state index contributed by atoms with van der Waals surface area (Å²) in [6, 6.07) is 36.9. The molecule has 140 valence electrons.